The van der Waals surface area contributed by atoms with E-state index in [4.69, 9.17) is 11.6 Å². The normalized spacial score (nSPS) is 14.4. The molecule has 0 unspecified atom stereocenters. The fourth-order valence-corrected chi connectivity index (χ4v) is 3.98. The lowest BCUT2D eigenvalue weighted by molar-refractivity contribution is -0.121. The maximum absolute atomic E-state index is 12.1. The van der Waals surface area contributed by atoms with Crippen LogP contribution in [0.2, 0.25) is 5.02 Å². The Labute approximate surface area is 182 Å². The van der Waals surface area contributed by atoms with E-state index in [1.54, 1.807) is 6.08 Å². The van der Waals surface area contributed by atoms with Gasteiger partial charge in [0.15, 0.2) is 0 Å². The molecular formula is C23H29ClN4O2. The van der Waals surface area contributed by atoms with E-state index < -0.39 is 0 Å². The lowest BCUT2D eigenvalue weighted by atomic mass is 10.1. The molecule has 2 N–H and O–H groups in total. The average molecular weight is 429 g/mol. The van der Waals surface area contributed by atoms with Gasteiger partial charge in [-0.2, -0.15) is 5.10 Å². The number of nitrogens with zero attached hydrogens (tertiary/aromatic N) is 2. The summed E-state index contributed by atoms with van der Waals surface area (Å²) in [5.41, 5.74) is 3.72. The zero-order chi connectivity index (χ0) is 21.5. The average Bonchev–Trinajstić information content (AvgIpc) is 3.30. The second-order valence-electron chi connectivity index (χ2n) is 7.76. The molecule has 0 radical (unpaired) electrons. The molecule has 6 nitrogen and oxygen atoms in total. The van der Waals surface area contributed by atoms with E-state index in [2.05, 4.69) is 15.7 Å². The molecule has 1 aliphatic rings. The summed E-state index contributed by atoms with van der Waals surface area (Å²) in [6.45, 7) is 4.79. The number of nitrogens with one attached hydrogen (secondary N) is 2. The van der Waals surface area contributed by atoms with Gasteiger partial charge in [-0.25, -0.2) is 0 Å². The summed E-state index contributed by atoms with van der Waals surface area (Å²) in [7, 11) is 0. The predicted molar refractivity (Wildman–Crippen MR) is 119 cm³/mol. The van der Waals surface area contributed by atoms with Crippen LogP contribution in [0.4, 0.5) is 0 Å². The molecule has 2 amide bonds. The Morgan fingerprint density at radius 1 is 1.23 bits per heavy atom. The number of aryl methyl sites for hydroxylation is 1. The standard InChI is InChI=1S/C23H29ClN4O2/c1-16-20(17(2)28(27-16)15-18-7-3-6-10-21(18)24)11-12-22(29)25-14-13-23(30)26-19-8-4-5-9-19/h3,6-7,10-12,19H,4-5,8-9,13-15H2,1-2H3,(H,25,29)(H,26,30)/b12-11+. The van der Waals surface area contributed by atoms with E-state index in [-0.39, 0.29) is 11.8 Å². The molecule has 1 aromatic carbocycles. The zero-order valence-electron chi connectivity index (χ0n) is 17.6. The molecule has 0 saturated heterocycles. The van der Waals surface area contributed by atoms with Gasteiger partial charge in [-0.3, -0.25) is 14.3 Å². The van der Waals surface area contributed by atoms with E-state index in [9.17, 15) is 9.59 Å². The summed E-state index contributed by atoms with van der Waals surface area (Å²) in [4.78, 5) is 24.1. The third-order valence-corrected chi connectivity index (χ3v) is 5.86. The highest BCUT2D eigenvalue weighted by Crippen LogP contribution is 2.20. The van der Waals surface area contributed by atoms with Crippen molar-refractivity contribution in [3.05, 3.63) is 57.9 Å². The summed E-state index contributed by atoms with van der Waals surface area (Å²) < 4.78 is 1.89. The Bertz CT molecular complexity index is 929. The maximum Gasteiger partial charge on any atom is 0.244 e. The SMILES string of the molecule is Cc1nn(Cc2ccccc2Cl)c(C)c1/C=C/C(=O)NCCC(=O)NC1CCCC1. The van der Waals surface area contributed by atoms with Crippen LogP contribution in [-0.4, -0.2) is 34.2 Å². The van der Waals surface area contributed by atoms with Crippen LogP contribution in [0.1, 0.15) is 54.6 Å². The maximum atomic E-state index is 12.1. The molecule has 160 valence electrons. The van der Waals surface area contributed by atoms with Gasteiger partial charge in [0.25, 0.3) is 0 Å². The van der Waals surface area contributed by atoms with Crippen LogP contribution >= 0.6 is 11.6 Å². The van der Waals surface area contributed by atoms with E-state index in [0.29, 0.717) is 30.6 Å². The Balaban J connectivity index is 1.51. The summed E-state index contributed by atoms with van der Waals surface area (Å²) in [6.07, 6.45) is 8.04. The van der Waals surface area contributed by atoms with Crippen molar-refractivity contribution in [1.29, 1.82) is 0 Å². The monoisotopic (exact) mass is 428 g/mol. The smallest absolute Gasteiger partial charge is 0.244 e. The van der Waals surface area contributed by atoms with Crippen molar-refractivity contribution in [1.82, 2.24) is 20.4 Å². The van der Waals surface area contributed by atoms with Gasteiger partial charge in [-0.05, 0) is 44.4 Å². The van der Waals surface area contributed by atoms with Gasteiger partial charge in [0.2, 0.25) is 11.8 Å². The molecule has 1 saturated carbocycles. The number of halogens is 1. The van der Waals surface area contributed by atoms with Crippen LogP contribution in [0.25, 0.3) is 6.08 Å². The zero-order valence-corrected chi connectivity index (χ0v) is 18.3. The van der Waals surface area contributed by atoms with E-state index in [1.807, 2.05) is 42.8 Å². The first-order chi connectivity index (χ1) is 14.4. The minimum absolute atomic E-state index is 0.00119. The van der Waals surface area contributed by atoms with Gasteiger partial charge in [0.05, 0.1) is 12.2 Å². The van der Waals surface area contributed by atoms with E-state index >= 15 is 0 Å². The van der Waals surface area contributed by atoms with E-state index in [1.165, 1.54) is 18.9 Å². The van der Waals surface area contributed by atoms with Crippen molar-refractivity contribution in [2.75, 3.05) is 6.54 Å². The predicted octanol–water partition coefficient (Wildman–Crippen LogP) is 3.78. The fourth-order valence-electron chi connectivity index (χ4n) is 3.78. The lowest BCUT2D eigenvalue weighted by Gasteiger charge is -2.11. The number of hydrogen-bond donors (Lipinski definition) is 2. The minimum Gasteiger partial charge on any atom is -0.353 e. The van der Waals surface area contributed by atoms with Gasteiger partial charge in [-0.1, -0.05) is 42.6 Å². The summed E-state index contributed by atoms with van der Waals surface area (Å²) in [5.74, 6) is -0.222. The van der Waals surface area contributed by atoms with Crippen molar-refractivity contribution in [2.45, 2.75) is 58.5 Å². The van der Waals surface area contributed by atoms with Crippen molar-refractivity contribution in [3.63, 3.8) is 0 Å². The van der Waals surface area contributed by atoms with Gasteiger partial charge in [-0.15, -0.1) is 0 Å². The molecule has 0 spiro atoms. The number of aromatic nitrogens is 2. The van der Waals surface area contributed by atoms with Crippen molar-refractivity contribution in [2.24, 2.45) is 0 Å². The highest BCUT2D eigenvalue weighted by molar-refractivity contribution is 6.31. The molecule has 30 heavy (non-hydrogen) atoms. The topological polar surface area (TPSA) is 76.0 Å². The van der Waals surface area contributed by atoms with Gasteiger partial charge < -0.3 is 10.6 Å². The first-order valence-corrected chi connectivity index (χ1v) is 10.8. The third-order valence-electron chi connectivity index (χ3n) is 5.49. The number of rotatable bonds is 8. The van der Waals surface area contributed by atoms with Crippen molar-refractivity contribution < 1.29 is 9.59 Å². The number of amides is 2. The Morgan fingerprint density at radius 2 is 1.97 bits per heavy atom. The second kappa shape index (κ2) is 10.4. The number of carbonyl (C=O) groups excluding carboxylic acids is 2. The van der Waals surface area contributed by atoms with Crippen LogP contribution in [0.5, 0.6) is 0 Å². The molecule has 0 bridgehead atoms. The Morgan fingerprint density at radius 3 is 2.70 bits per heavy atom. The molecule has 1 aromatic heterocycles. The first-order valence-electron chi connectivity index (χ1n) is 10.5. The van der Waals surface area contributed by atoms with Crippen molar-refractivity contribution in [3.8, 4) is 0 Å². The van der Waals surface area contributed by atoms with Crippen molar-refractivity contribution >= 4 is 29.5 Å². The Kier molecular flexibility index (Phi) is 7.69. The third kappa shape index (κ3) is 5.95. The minimum atomic E-state index is -0.221. The van der Waals surface area contributed by atoms with Gasteiger partial charge in [0, 0.05) is 41.4 Å². The molecular weight excluding hydrogens is 400 g/mol. The van der Waals surface area contributed by atoms with Crippen LogP contribution < -0.4 is 10.6 Å². The van der Waals surface area contributed by atoms with Crippen LogP contribution in [-0.2, 0) is 16.1 Å². The molecule has 0 aliphatic heterocycles. The van der Waals surface area contributed by atoms with E-state index in [0.717, 1.165) is 35.4 Å². The molecule has 1 heterocycles. The van der Waals surface area contributed by atoms with Crippen LogP contribution in [0, 0.1) is 13.8 Å². The highest BCUT2D eigenvalue weighted by Gasteiger charge is 2.16. The molecule has 7 heteroatoms. The largest absolute Gasteiger partial charge is 0.353 e. The molecule has 0 atom stereocenters. The summed E-state index contributed by atoms with van der Waals surface area (Å²) >= 11 is 6.26. The highest BCUT2D eigenvalue weighted by atomic mass is 35.5. The van der Waals surface area contributed by atoms with Gasteiger partial charge >= 0.3 is 0 Å². The fraction of sp³-hybridized carbons (Fsp3) is 0.435. The van der Waals surface area contributed by atoms with Crippen LogP contribution in [0.15, 0.2) is 30.3 Å². The second-order valence-corrected chi connectivity index (χ2v) is 8.16. The lowest BCUT2D eigenvalue weighted by Crippen LogP contribution is -2.35. The van der Waals surface area contributed by atoms with Crippen LogP contribution in [0.3, 0.4) is 0 Å². The van der Waals surface area contributed by atoms with Gasteiger partial charge in [0.1, 0.15) is 0 Å². The summed E-state index contributed by atoms with van der Waals surface area (Å²) in [5, 5.41) is 11.1. The molecule has 3 rings (SSSR count). The molecule has 1 aliphatic carbocycles. The number of hydrogen-bond acceptors (Lipinski definition) is 3. The number of benzene rings is 1. The molecule has 1 fully saturated rings. The first kappa shape index (κ1) is 22.1. The quantitative estimate of drug-likeness (QED) is 0.628. The molecule has 2 aromatic rings. The summed E-state index contributed by atoms with van der Waals surface area (Å²) in [6, 6.07) is 8.00. The number of carbonyl (C=O) groups is 2. The Hall–Kier alpha value is -2.60.